The van der Waals surface area contributed by atoms with E-state index in [-0.39, 0.29) is 82.5 Å². The molecule has 0 N–H and O–H groups in total. The summed E-state index contributed by atoms with van der Waals surface area (Å²) in [5, 5.41) is 2.71. The van der Waals surface area contributed by atoms with Crippen LogP contribution in [0.3, 0.4) is 0 Å². The minimum absolute atomic E-state index is 0.00228. The predicted octanol–water partition coefficient (Wildman–Crippen LogP) is -4.30. The molecule has 0 aliphatic rings. The van der Waals surface area contributed by atoms with Crippen LogP contribution in [0.15, 0.2) is 91.0 Å². The zero-order valence-corrected chi connectivity index (χ0v) is 33.0. The summed E-state index contributed by atoms with van der Waals surface area (Å²) < 4.78 is 1.66. The first-order valence-corrected chi connectivity index (χ1v) is 19.2. The van der Waals surface area contributed by atoms with Gasteiger partial charge in [-0.2, -0.15) is 0 Å². The van der Waals surface area contributed by atoms with Crippen molar-refractivity contribution < 1.29 is 0 Å². The average Bonchev–Trinajstić information content (AvgIpc) is 3.65. The molecule has 0 atom stereocenters. The summed E-state index contributed by atoms with van der Waals surface area (Å²) in [6.07, 6.45) is 0. The number of benzene rings is 8. The maximum Gasteiger partial charge on any atom is 0.164 e. The highest BCUT2D eigenvalue weighted by Gasteiger charge is 2.29. The molecular weight excluding hydrogens is 737 g/mol. The Morgan fingerprint density at radius 3 is 1.26 bits per heavy atom. The van der Waals surface area contributed by atoms with E-state index in [1.165, 1.54) is 0 Å². The first kappa shape index (κ1) is 40.3. The van der Waals surface area contributed by atoms with E-state index < -0.39 is 0 Å². The monoisotopic (exact) mass is 754 g/mol. The minimum atomic E-state index is -0.0149. The van der Waals surface area contributed by atoms with Crippen molar-refractivity contribution in [3.8, 4) is 51.0 Å². The topological polar surface area (TPSA) is 43.6 Å². The molecule has 0 spiro atoms. The maximum absolute atomic E-state index is 7.44. The van der Waals surface area contributed by atoms with Crippen LogP contribution in [-0.4, -0.2) is 122 Å². The first-order valence-electron chi connectivity index (χ1n) is 19.2. The molecule has 0 aliphatic heterocycles. The molecule has 0 fully saturated rings. The molecule has 0 amide bonds. The third-order valence-corrected chi connectivity index (χ3v) is 11.9. The molecule has 17 heteroatoms. The lowest BCUT2D eigenvalue weighted by Gasteiger charge is -2.25. The van der Waals surface area contributed by atoms with E-state index in [1.54, 1.807) is 4.57 Å². The summed E-state index contributed by atoms with van der Waals surface area (Å²) in [5.74, 6) is 0.968. The van der Waals surface area contributed by atoms with Gasteiger partial charge >= 0.3 is 0 Å². The molecule has 10 aromatic rings. The summed E-state index contributed by atoms with van der Waals surface area (Å²) in [6.45, 7) is 0. The maximum atomic E-state index is 7.44. The molecule has 2 aromatic heterocycles. The lowest BCUT2D eigenvalue weighted by molar-refractivity contribution is 1.08. The molecule has 26 radical (unpaired) electrons. The van der Waals surface area contributed by atoms with E-state index in [4.69, 9.17) is 117 Å². The fourth-order valence-corrected chi connectivity index (χ4v) is 8.65. The Kier molecular flexibility index (Phi) is 9.52. The molecule has 0 saturated heterocycles. The molecule has 10 rings (SSSR count). The van der Waals surface area contributed by atoms with Crippen molar-refractivity contribution in [1.82, 2.24) is 19.5 Å². The van der Waals surface area contributed by atoms with E-state index in [0.717, 1.165) is 22.3 Å². The highest BCUT2D eigenvalue weighted by molar-refractivity contribution is 6.73. The number of aromatic nitrogens is 4. The van der Waals surface area contributed by atoms with Crippen molar-refractivity contribution in [2.75, 3.05) is 0 Å². The van der Waals surface area contributed by atoms with Crippen molar-refractivity contribution in [3.63, 3.8) is 0 Å². The Morgan fingerprint density at radius 1 is 0.306 bits per heavy atom. The van der Waals surface area contributed by atoms with Gasteiger partial charge in [-0.1, -0.05) is 123 Å². The zero-order chi connectivity index (χ0) is 43.6. The fourth-order valence-electron chi connectivity index (χ4n) is 8.65. The van der Waals surface area contributed by atoms with Crippen molar-refractivity contribution in [2.24, 2.45) is 0 Å². The van der Waals surface area contributed by atoms with E-state index in [2.05, 4.69) is 0 Å². The number of fused-ring (bicyclic) bond motifs is 3. The normalized spacial score (nSPS) is 11.7. The molecule has 254 valence electrons. The number of rotatable bonds is 5. The van der Waals surface area contributed by atoms with Gasteiger partial charge in [0, 0.05) is 44.2 Å². The Hall–Kier alpha value is -5.81. The molecule has 2 heterocycles. The second-order valence-corrected chi connectivity index (χ2v) is 15.2. The Balaban J connectivity index is 1.41. The van der Waals surface area contributed by atoms with Gasteiger partial charge in [0.15, 0.2) is 17.5 Å². The molecule has 0 unspecified atom stereocenters. The second-order valence-electron chi connectivity index (χ2n) is 15.2. The van der Waals surface area contributed by atoms with Gasteiger partial charge < -0.3 is 4.57 Å². The van der Waals surface area contributed by atoms with Gasteiger partial charge in [0.05, 0.1) is 0 Å². The fraction of sp³-hybridized carbons (Fsp3) is 0. The van der Waals surface area contributed by atoms with E-state index in [0.29, 0.717) is 60.6 Å². The summed E-state index contributed by atoms with van der Waals surface area (Å²) in [7, 11) is 87.9. The molecule has 4 nitrogen and oxygen atoms in total. The SMILES string of the molecule is [B]c1c([B])c([B])c(-n2c3c([B])c(-c4nc(-c5ccccc5)nc(-c5ccc(-c6ccccc6)cc5)n4)cc4c5c([B])c([B])c([B])c([B])c5c5c([B])c([B])c([B])c2c5c43)c([B])c1[B]. The highest BCUT2D eigenvalue weighted by atomic mass is 15.0. The van der Waals surface area contributed by atoms with E-state index in [1.807, 2.05) is 91.0 Å². The van der Waals surface area contributed by atoms with Crippen molar-refractivity contribution in [1.29, 1.82) is 0 Å². The third kappa shape index (κ3) is 5.69. The van der Waals surface area contributed by atoms with E-state index >= 15 is 0 Å². The van der Waals surface area contributed by atoms with Gasteiger partial charge in [-0.05, 0) is 38.7 Å². The predicted molar refractivity (Wildman–Crippen MR) is 272 cm³/mol. The molecule has 8 aromatic carbocycles. The van der Waals surface area contributed by atoms with Crippen LogP contribution in [0.1, 0.15) is 0 Å². The van der Waals surface area contributed by atoms with Gasteiger partial charge in [-0.15, -0.1) is 32.8 Å². The number of hydrogen-bond donors (Lipinski definition) is 0. The van der Waals surface area contributed by atoms with Crippen molar-refractivity contribution in [3.05, 3.63) is 91.0 Å². The smallest absolute Gasteiger partial charge is 0.164 e. The van der Waals surface area contributed by atoms with Crippen LogP contribution >= 0.6 is 0 Å². The minimum Gasteiger partial charge on any atom is -0.312 e. The van der Waals surface area contributed by atoms with Crippen LogP contribution in [0.2, 0.25) is 0 Å². The molecule has 0 aliphatic carbocycles. The van der Waals surface area contributed by atoms with Gasteiger partial charge in [0.2, 0.25) is 0 Å². The molecule has 0 bridgehead atoms. The number of nitrogens with zero attached hydrogens (tertiary/aromatic N) is 4. The summed E-state index contributed by atoms with van der Waals surface area (Å²) in [4.78, 5) is 15.1. The van der Waals surface area contributed by atoms with Crippen LogP contribution in [0.25, 0.3) is 94.3 Å². The third-order valence-electron chi connectivity index (χ3n) is 11.9. The van der Waals surface area contributed by atoms with Gasteiger partial charge in [0.25, 0.3) is 0 Å². The standard InChI is InChI=1S/C45H15B13N4/c46-27-21(45-60-43(18-9-5-2-6-10-18)59-44(61-45)19-13-11-17(12-14-19)16-7-3-1-4-8-16)15-20-22-24(29(48)32(51)31(50)28(22)47)25-26-23(20)40(27)62(41(26)37(56)33(52)30(25)49)42-38(57)35(54)34(53)36(55)39(42)58/h1-15H. The average molecular weight is 752 g/mol. The van der Waals surface area contributed by atoms with Gasteiger partial charge in [-0.25, -0.2) is 15.0 Å². The molecule has 62 heavy (non-hydrogen) atoms. The van der Waals surface area contributed by atoms with Crippen molar-refractivity contribution >= 4 is 216 Å². The van der Waals surface area contributed by atoms with Gasteiger partial charge in [-0.3, -0.25) is 0 Å². The van der Waals surface area contributed by atoms with E-state index in [9.17, 15) is 0 Å². The van der Waals surface area contributed by atoms with Crippen LogP contribution in [0.4, 0.5) is 0 Å². The summed E-state index contributed by atoms with van der Waals surface area (Å²) in [6, 6.07) is 29.3. The van der Waals surface area contributed by atoms with Crippen molar-refractivity contribution in [2.45, 2.75) is 0 Å². The summed E-state index contributed by atoms with van der Waals surface area (Å²) in [5.41, 5.74) is 5.38. The Bertz CT molecular complexity index is 3510. The lowest BCUT2D eigenvalue weighted by atomic mass is 9.61. The van der Waals surface area contributed by atoms with Gasteiger partial charge in [0.1, 0.15) is 102 Å². The van der Waals surface area contributed by atoms with Crippen LogP contribution in [0.5, 0.6) is 0 Å². The molecular formula is C45H15B13N4. The lowest BCUT2D eigenvalue weighted by Crippen LogP contribution is -2.56. The number of hydrogen-bond acceptors (Lipinski definition) is 3. The van der Waals surface area contributed by atoms with Crippen LogP contribution in [0, 0.1) is 0 Å². The zero-order valence-electron chi connectivity index (χ0n) is 33.0. The summed E-state index contributed by atoms with van der Waals surface area (Å²) >= 11 is 0. The first-order chi connectivity index (χ1) is 29.7. The van der Waals surface area contributed by atoms with Crippen LogP contribution < -0.4 is 71.0 Å². The second kappa shape index (κ2) is 14.6. The van der Waals surface area contributed by atoms with Crippen LogP contribution in [-0.2, 0) is 0 Å². The largest absolute Gasteiger partial charge is 0.312 e. The Labute approximate surface area is 375 Å². The molecule has 0 saturated carbocycles. The highest BCUT2D eigenvalue weighted by Crippen LogP contribution is 2.42. The quantitative estimate of drug-likeness (QED) is 0.132. The Morgan fingerprint density at radius 2 is 0.694 bits per heavy atom.